The van der Waals surface area contributed by atoms with Crippen LogP contribution in [0.3, 0.4) is 0 Å². The van der Waals surface area contributed by atoms with Crippen LogP contribution in [0.25, 0.3) is 0 Å². The summed E-state index contributed by atoms with van der Waals surface area (Å²) >= 11 is 0. The summed E-state index contributed by atoms with van der Waals surface area (Å²) in [6.45, 7) is 3.58. The molecule has 1 aromatic carbocycles. The number of benzene rings is 1. The summed E-state index contributed by atoms with van der Waals surface area (Å²) < 4.78 is 0. The molecule has 0 aromatic heterocycles. The number of rotatable bonds is 5. The van der Waals surface area contributed by atoms with Crippen LogP contribution < -0.4 is 5.32 Å². The molecule has 0 bridgehead atoms. The first kappa shape index (κ1) is 15.8. The minimum absolute atomic E-state index is 0.0519. The van der Waals surface area contributed by atoms with Crippen molar-refractivity contribution in [2.75, 3.05) is 39.3 Å². The number of piperazine rings is 1. The maximum atomic E-state index is 12.4. The molecule has 0 atom stereocenters. The van der Waals surface area contributed by atoms with Crippen molar-refractivity contribution < 1.29 is 14.7 Å². The summed E-state index contributed by atoms with van der Waals surface area (Å²) in [4.78, 5) is 28.1. The fourth-order valence-corrected chi connectivity index (χ4v) is 2.76. The van der Waals surface area contributed by atoms with Crippen LogP contribution in [0.5, 0.6) is 5.75 Å². The summed E-state index contributed by atoms with van der Waals surface area (Å²) in [7, 11) is 0. The molecule has 0 radical (unpaired) electrons. The van der Waals surface area contributed by atoms with Gasteiger partial charge in [-0.25, -0.2) is 0 Å². The summed E-state index contributed by atoms with van der Waals surface area (Å²) in [5.74, 6) is 0.976. The van der Waals surface area contributed by atoms with Gasteiger partial charge in [0.05, 0.1) is 6.54 Å². The van der Waals surface area contributed by atoms with Crippen molar-refractivity contribution in [2.45, 2.75) is 12.8 Å². The fourth-order valence-electron chi connectivity index (χ4n) is 2.76. The number of phenolic OH excluding ortho intramolecular Hbond substituents is 1. The summed E-state index contributed by atoms with van der Waals surface area (Å²) in [5, 5.41) is 12.5. The Morgan fingerprint density at radius 1 is 1.04 bits per heavy atom. The van der Waals surface area contributed by atoms with Crippen LogP contribution in [-0.4, -0.2) is 66.0 Å². The molecule has 1 aliphatic heterocycles. The molecule has 0 unspecified atom stereocenters. The number of hydrogen-bond acceptors (Lipinski definition) is 4. The standard InChI is InChI=1S/C17H23N3O3/c21-15-5-3-14(4-6-15)17(23)20-9-7-19(8-10-20)16(22)12-18-11-13-1-2-13/h3-6,13,18,21H,1-2,7-12H2. The van der Waals surface area contributed by atoms with Gasteiger partial charge in [0.15, 0.2) is 0 Å². The van der Waals surface area contributed by atoms with Crippen molar-refractivity contribution >= 4 is 11.8 Å². The Morgan fingerprint density at radius 2 is 1.65 bits per heavy atom. The number of amides is 2. The first-order valence-corrected chi connectivity index (χ1v) is 8.20. The topological polar surface area (TPSA) is 72.9 Å². The number of hydrogen-bond donors (Lipinski definition) is 2. The minimum Gasteiger partial charge on any atom is -0.508 e. The second-order valence-electron chi connectivity index (χ2n) is 6.29. The molecule has 0 spiro atoms. The van der Waals surface area contributed by atoms with Gasteiger partial charge >= 0.3 is 0 Å². The summed E-state index contributed by atoms with van der Waals surface area (Å²) in [6, 6.07) is 6.27. The Balaban J connectivity index is 1.44. The van der Waals surface area contributed by atoms with E-state index in [0.717, 1.165) is 12.5 Å². The molecule has 1 aromatic rings. The number of carbonyl (C=O) groups is 2. The van der Waals surface area contributed by atoms with Crippen molar-refractivity contribution in [1.29, 1.82) is 0 Å². The average molecular weight is 317 g/mol. The molecule has 1 saturated heterocycles. The molecule has 2 aliphatic rings. The van der Waals surface area contributed by atoms with Crippen molar-refractivity contribution in [1.82, 2.24) is 15.1 Å². The number of nitrogens with zero attached hydrogens (tertiary/aromatic N) is 2. The number of phenols is 1. The molecular weight excluding hydrogens is 294 g/mol. The first-order valence-electron chi connectivity index (χ1n) is 8.20. The van der Waals surface area contributed by atoms with Crippen LogP contribution in [0, 0.1) is 5.92 Å². The Kier molecular flexibility index (Phi) is 4.81. The fraction of sp³-hybridized carbons (Fsp3) is 0.529. The van der Waals surface area contributed by atoms with E-state index in [1.165, 1.54) is 25.0 Å². The maximum Gasteiger partial charge on any atom is 0.253 e. The molecule has 2 fully saturated rings. The molecule has 23 heavy (non-hydrogen) atoms. The van der Waals surface area contributed by atoms with Gasteiger partial charge in [-0.05, 0) is 49.6 Å². The number of nitrogens with one attached hydrogen (secondary N) is 1. The SMILES string of the molecule is O=C(CNCC1CC1)N1CCN(C(=O)c2ccc(O)cc2)CC1. The van der Waals surface area contributed by atoms with Crippen LogP contribution in [0.1, 0.15) is 23.2 Å². The third-order valence-electron chi connectivity index (χ3n) is 4.44. The highest BCUT2D eigenvalue weighted by Gasteiger charge is 2.25. The lowest BCUT2D eigenvalue weighted by Gasteiger charge is -2.35. The largest absolute Gasteiger partial charge is 0.508 e. The molecule has 6 nitrogen and oxygen atoms in total. The first-order chi connectivity index (χ1) is 11.1. The van der Waals surface area contributed by atoms with Gasteiger partial charge in [-0.2, -0.15) is 0 Å². The highest BCUT2D eigenvalue weighted by molar-refractivity contribution is 5.94. The van der Waals surface area contributed by atoms with Gasteiger partial charge in [-0.15, -0.1) is 0 Å². The zero-order valence-corrected chi connectivity index (χ0v) is 13.2. The lowest BCUT2D eigenvalue weighted by Crippen LogP contribution is -2.52. The van der Waals surface area contributed by atoms with E-state index in [2.05, 4.69) is 5.32 Å². The summed E-state index contributed by atoms with van der Waals surface area (Å²) in [5.41, 5.74) is 0.564. The van der Waals surface area contributed by atoms with Crippen LogP contribution >= 0.6 is 0 Å². The third-order valence-corrected chi connectivity index (χ3v) is 4.44. The van der Waals surface area contributed by atoms with Gasteiger partial charge in [0.1, 0.15) is 5.75 Å². The molecule has 3 rings (SSSR count). The van der Waals surface area contributed by atoms with Gasteiger partial charge in [-0.1, -0.05) is 0 Å². The molecular formula is C17H23N3O3. The predicted molar refractivity (Wildman–Crippen MR) is 86.2 cm³/mol. The smallest absolute Gasteiger partial charge is 0.253 e. The average Bonchev–Trinajstić information content (AvgIpc) is 3.39. The molecule has 1 aliphatic carbocycles. The van der Waals surface area contributed by atoms with Gasteiger partial charge in [0, 0.05) is 31.7 Å². The van der Waals surface area contributed by atoms with Crippen LogP contribution in [0.4, 0.5) is 0 Å². The van der Waals surface area contributed by atoms with E-state index in [-0.39, 0.29) is 17.6 Å². The van der Waals surface area contributed by atoms with E-state index in [4.69, 9.17) is 0 Å². The van der Waals surface area contributed by atoms with Gasteiger partial charge < -0.3 is 20.2 Å². The zero-order valence-electron chi connectivity index (χ0n) is 13.2. The van der Waals surface area contributed by atoms with Gasteiger partial charge in [0.25, 0.3) is 5.91 Å². The Morgan fingerprint density at radius 3 is 2.26 bits per heavy atom. The van der Waals surface area contributed by atoms with E-state index in [1.54, 1.807) is 17.0 Å². The number of carbonyl (C=O) groups excluding carboxylic acids is 2. The highest BCUT2D eigenvalue weighted by atomic mass is 16.3. The quantitative estimate of drug-likeness (QED) is 0.837. The van der Waals surface area contributed by atoms with Crippen LogP contribution in [0.2, 0.25) is 0 Å². The predicted octanol–water partition coefficient (Wildman–Crippen LogP) is 0.676. The number of aromatic hydroxyl groups is 1. The molecule has 2 N–H and O–H groups in total. The Hall–Kier alpha value is -2.08. The van der Waals surface area contributed by atoms with E-state index in [0.29, 0.717) is 38.3 Å². The van der Waals surface area contributed by atoms with Crippen molar-refractivity contribution in [3.05, 3.63) is 29.8 Å². The van der Waals surface area contributed by atoms with Crippen LogP contribution in [-0.2, 0) is 4.79 Å². The lowest BCUT2D eigenvalue weighted by molar-refractivity contribution is -0.131. The third kappa shape index (κ3) is 4.22. The van der Waals surface area contributed by atoms with Gasteiger partial charge in [0.2, 0.25) is 5.91 Å². The maximum absolute atomic E-state index is 12.4. The molecule has 6 heteroatoms. The van der Waals surface area contributed by atoms with E-state index >= 15 is 0 Å². The van der Waals surface area contributed by atoms with Crippen molar-refractivity contribution in [3.8, 4) is 5.75 Å². The molecule has 124 valence electrons. The molecule has 1 heterocycles. The monoisotopic (exact) mass is 317 g/mol. The van der Waals surface area contributed by atoms with Crippen molar-refractivity contribution in [3.63, 3.8) is 0 Å². The second-order valence-corrected chi connectivity index (χ2v) is 6.29. The Bertz CT molecular complexity index is 561. The Labute approximate surface area is 136 Å². The lowest BCUT2D eigenvalue weighted by atomic mass is 10.1. The molecule has 2 amide bonds. The molecule has 1 saturated carbocycles. The normalized spacial score (nSPS) is 18.1. The van der Waals surface area contributed by atoms with E-state index in [1.807, 2.05) is 4.90 Å². The minimum atomic E-state index is -0.0519. The van der Waals surface area contributed by atoms with Crippen LogP contribution in [0.15, 0.2) is 24.3 Å². The second kappa shape index (κ2) is 7.00. The van der Waals surface area contributed by atoms with Gasteiger partial charge in [-0.3, -0.25) is 9.59 Å². The van der Waals surface area contributed by atoms with E-state index in [9.17, 15) is 14.7 Å². The summed E-state index contributed by atoms with van der Waals surface area (Å²) in [6.07, 6.45) is 2.55. The highest BCUT2D eigenvalue weighted by Crippen LogP contribution is 2.27. The van der Waals surface area contributed by atoms with E-state index < -0.39 is 0 Å². The zero-order chi connectivity index (χ0) is 16.2. The van der Waals surface area contributed by atoms with Crippen molar-refractivity contribution in [2.24, 2.45) is 5.92 Å².